The third-order valence-electron chi connectivity index (χ3n) is 3.13. The highest BCUT2D eigenvalue weighted by atomic mass is 16.1. The monoisotopic (exact) mass is 236 g/mol. The molecule has 1 aromatic rings. The summed E-state index contributed by atoms with van der Waals surface area (Å²) in [5.74, 6) is -0.0259. The highest BCUT2D eigenvalue weighted by Gasteiger charge is 2.19. The average molecular weight is 236 g/mol. The molecular weight excluding hydrogens is 216 g/mol. The SMILES string of the molecule is Cc1c(C(=O)NCCCNC2CC2)cnn1C. The van der Waals surface area contributed by atoms with E-state index in [-0.39, 0.29) is 5.91 Å². The number of nitrogens with zero attached hydrogens (tertiary/aromatic N) is 2. The second-order valence-electron chi connectivity index (χ2n) is 4.61. The Balaban J connectivity index is 1.67. The predicted molar refractivity (Wildman–Crippen MR) is 65.9 cm³/mol. The maximum Gasteiger partial charge on any atom is 0.254 e. The van der Waals surface area contributed by atoms with Crippen molar-refractivity contribution in [1.29, 1.82) is 0 Å². The Hall–Kier alpha value is -1.36. The minimum absolute atomic E-state index is 0.0259. The minimum atomic E-state index is -0.0259. The maximum absolute atomic E-state index is 11.8. The molecule has 1 saturated carbocycles. The molecular formula is C12H20N4O. The van der Waals surface area contributed by atoms with Crippen LogP contribution < -0.4 is 10.6 Å². The lowest BCUT2D eigenvalue weighted by molar-refractivity contribution is 0.0952. The van der Waals surface area contributed by atoms with Crippen molar-refractivity contribution in [2.45, 2.75) is 32.2 Å². The Morgan fingerprint density at radius 1 is 1.53 bits per heavy atom. The van der Waals surface area contributed by atoms with E-state index in [2.05, 4.69) is 15.7 Å². The van der Waals surface area contributed by atoms with Gasteiger partial charge in [-0.2, -0.15) is 5.10 Å². The number of hydrogen-bond donors (Lipinski definition) is 2. The first-order valence-corrected chi connectivity index (χ1v) is 6.18. The standard InChI is InChI=1S/C12H20N4O/c1-9-11(8-15-16(9)2)12(17)14-7-3-6-13-10-4-5-10/h8,10,13H,3-7H2,1-2H3,(H,14,17). The van der Waals surface area contributed by atoms with Crippen molar-refractivity contribution < 1.29 is 4.79 Å². The number of amides is 1. The molecule has 2 rings (SSSR count). The molecule has 17 heavy (non-hydrogen) atoms. The van der Waals surface area contributed by atoms with Gasteiger partial charge in [-0.3, -0.25) is 9.48 Å². The molecule has 1 aliphatic carbocycles. The van der Waals surface area contributed by atoms with Crippen LogP contribution in [-0.4, -0.2) is 34.8 Å². The highest BCUT2D eigenvalue weighted by Crippen LogP contribution is 2.18. The second-order valence-corrected chi connectivity index (χ2v) is 4.61. The molecule has 0 aliphatic heterocycles. The lowest BCUT2D eigenvalue weighted by Gasteiger charge is -2.05. The van der Waals surface area contributed by atoms with Gasteiger partial charge in [-0.1, -0.05) is 0 Å². The number of nitrogens with one attached hydrogen (secondary N) is 2. The lowest BCUT2D eigenvalue weighted by atomic mass is 10.2. The third-order valence-corrected chi connectivity index (χ3v) is 3.13. The van der Waals surface area contributed by atoms with Gasteiger partial charge in [0.05, 0.1) is 11.8 Å². The summed E-state index contributed by atoms with van der Waals surface area (Å²) in [6, 6.07) is 0.742. The summed E-state index contributed by atoms with van der Waals surface area (Å²) >= 11 is 0. The Morgan fingerprint density at radius 3 is 2.88 bits per heavy atom. The second kappa shape index (κ2) is 5.31. The van der Waals surface area contributed by atoms with Crippen LogP contribution >= 0.6 is 0 Å². The van der Waals surface area contributed by atoms with Gasteiger partial charge in [-0.15, -0.1) is 0 Å². The van der Waals surface area contributed by atoms with Crippen molar-refractivity contribution in [3.63, 3.8) is 0 Å². The van der Waals surface area contributed by atoms with Crippen molar-refractivity contribution in [1.82, 2.24) is 20.4 Å². The lowest BCUT2D eigenvalue weighted by Crippen LogP contribution is -2.28. The number of hydrogen-bond acceptors (Lipinski definition) is 3. The van der Waals surface area contributed by atoms with E-state index < -0.39 is 0 Å². The van der Waals surface area contributed by atoms with Gasteiger partial charge in [0.15, 0.2) is 0 Å². The van der Waals surface area contributed by atoms with Gasteiger partial charge in [0.1, 0.15) is 0 Å². The summed E-state index contributed by atoms with van der Waals surface area (Å²) in [4.78, 5) is 11.8. The summed E-state index contributed by atoms with van der Waals surface area (Å²) in [5, 5.41) is 10.4. The van der Waals surface area contributed by atoms with E-state index >= 15 is 0 Å². The zero-order valence-corrected chi connectivity index (χ0v) is 10.5. The van der Waals surface area contributed by atoms with Crippen LogP contribution in [0, 0.1) is 6.92 Å². The van der Waals surface area contributed by atoms with E-state index in [0.29, 0.717) is 12.1 Å². The van der Waals surface area contributed by atoms with Crippen molar-refractivity contribution >= 4 is 5.91 Å². The molecule has 0 bridgehead atoms. The summed E-state index contributed by atoms with van der Waals surface area (Å²) < 4.78 is 1.71. The first kappa shape index (κ1) is 12.1. The molecule has 1 fully saturated rings. The topological polar surface area (TPSA) is 59.0 Å². The Labute approximate surface area is 102 Å². The van der Waals surface area contributed by atoms with Crippen molar-refractivity contribution in [3.05, 3.63) is 17.5 Å². The van der Waals surface area contributed by atoms with Crippen LogP contribution in [0.1, 0.15) is 35.3 Å². The van der Waals surface area contributed by atoms with Gasteiger partial charge in [-0.05, 0) is 32.7 Å². The van der Waals surface area contributed by atoms with Crippen LogP contribution in [0.25, 0.3) is 0 Å². The fourth-order valence-electron chi connectivity index (χ4n) is 1.70. The van der Waals surface area contributed by atoms with Gasteiger partial charge in [0.2, 0.25) is 0 Å². The molecule has 1 amide bonds. The van der Waals surface area contributed by atoms with Crippen LogP contribution in [0.4, 0.5) is 0 Å². The molecule has 0 spiro atoms. The normalized spacial score (nSPS) is 14.9. The van der Waals surface area contributed by atoms with Crippen molar-refractivity contribution in [2.24, 2.45) is 7.05 Å². The van der Waals surface area contributed by atoms with E-state index in [1.165, 1.54) is 12.8 Å². The molecule has 0 unspecified atom stereocenters. The zero-order chi connectivity index (χ0) is 12.3. The Morgan fingerprint density at radius 2 is 2.29 bits per heavy atom. The Kier molecular flexibility index (Phi) is 3.78. The number of carbonyl (C=O) groups is 1. The van der Waals surface area contributed by atoms with E-state index in [1.54, 1.807) is 10.9 Å². The molecule has 1 aromatic heterocycles. The number of aryl methyl sites for hydroxylation is 1. The van der Waals surface area contributed by atoms with E-state index in [1.807, 2.05) is 14.0 Å². The van der Waals surface area contributed by atoms with E-state index in [4.69, 9.17) is 0 Å². The highest BCUT2D eigenvalue weighted by molar-refractivity contribution is 5.94. The van der Waals surface area contributed by atoms with Crippen LogP contribution in [-0.2, 0) is 7.05 Å². The molecule has 1 heterocycles. The molecule has 2 N–H and O–H groups in total. The fraction of sp³-hybridized carbons (Fsp3) is 0.667. The van der Waals surface area contributed by atoms with Crippen LogP contribution in [0.3, 0.4) is 0 Å². The molecule has 0 aromatic carbocycles. The molecule has 5 heteroatoms. The molecule has 94 valence electrons. The molecule has 1 aliphatic rings. The number of carbonyl (C=O) groups excluding carboxylic acids is 1. The summed E-state index contributed by atoms with van der Waals surface area (Å²) in [6.45, 7) is 3.60. The minimum Gasteiger partial charge on any atom is -0.352 e. The summed E-state index contributed by atoms with van der Waals surface area (Å²) in [5.41, 5.74) is 1.57. The van der Waals surface area contributed by atoms with Gasteiger partial charge >= 0.3 is 0 Å². The fourth-order valence-corrected chi connectivity index (χ4v) is 1.70. The average Bonchev–Trinajstić information content (AvgIpc) is 3.06. The van der Waals surface area contributed by atoms with Gasteiger partial charge in [-0.25, -0.2) is 0 Å². The molecule has 0 saturated heterocycles. The number of rotatable bonds is 6. The van der Waals surface area contributed by atoms with Crippen LogP contribution in [0.2, 0.25) is 0 Å². The zero-order valence-electron chi connectivity index (χ0n) is 10.5. The molecule has 5 nitrogen and oxygen atoms in total. The van der Waals surface area contributed by atoms with Gasteiger partial charge in [0, 0.05) is 25.3 Å². The maximum atomic E-state index is 11.8. The van der Waals surface area contributed by atoms with Crippen molar-refractivity contribution in [2.75, 3.05) is 13.1 Å². The van der Waals surface area contributed by atoms with Crippen molar-refractivity contribution in [3.8, 4) is 0 Å². The first-order valence-electron chi connectivity index (χ1n) is 6.18. The molecule has 0 radical (unpaired) electrons. The third kappa shape index (κ3) is 3.30. The van der Waals surface area contributed by atoms with E-state index in [9.17, 15) is 4.79 Å². The first-order chi connectivity index (χ1) is 8.18. The quantitative estimate of drug-likeness (QED) is 0.711. The van der Waals surface area contributed by atoms with Crippen LogP contribution in [0.15, 0.2) is 6.20 Å². The summed E-state index contributed by atoms with van der Waals surface area (Å²) in [7, 11) is 1.84. The van der Waals surface area contributed by atoms with Gasteiger partial charge < -0.3 is 10.6 Å². The Bertz CT molecular complexity index is 395. The van der Waals surface area contributed by atoms with Crippen LogP contribution in [0.5, 0.6) is 0 Å². The molecule has 0 atom stereocenters. The number of aromatic nitrogens is 2. The largest absolute Gasteiger partial charge is 0.352 e. The van der Waals surface area contributed by atoms with E-state index in [0.717, 1.165) is 24.7 Å². The predicted octanol–water partition coefficient (Wildman–Crippen LogP) is 0.600. The van der Waals surface area contributed by atoms with Gasteiger partial charge in [0.25, 0.3) is 5.91 Å². The summed E-state index contributed by atoms with van der Waals surface area (Å²) in [6.07, 6.45) is 5.21. The smallest absolute Gasteiger partial charge is 0.254 e.